The number of rotatable bonds is 8. The van der Waals surface area contributed by atoms with Crippen LogP contribution in [-0.2, 0) is 16.0 Å². The van der Waals surface area contributed by atoms with Gasteiger partial charge in [-0.25, -0.2) is 4.98 Å². The molecule has 7 nitrogen and oxygen atoms in total. The third-order valence-corrected chi connectivity index (χ3v) is 4.88. The molecule has 0 aromatic carbocycles. The van der Waals surface area contributed by atoms with Crippen molar-refractivity contribution in [2.24, 2.45) is 16.3 Å². The van der Waals surface area contributed by atoms with Gasteiger partial charge in [-0.2, -0.15) is 0 Å². The summed E-state index contributed by atoms with van der Waals surface area (Å²) in [6.45, 7) is 10.0. The van der Waals surface area contributed by atoms with E-state index in [0.29, 0.717) is 31.6 Å². The lowest BCUT2D eigenvalue weighted by molar-refractivity contribution is -0.0835. The van der Waals surface area contributed by atoms with Gasteiger partial charge in [0.25, 0.3) is 0 Å². The predicted molar refractivity (Wildman–Crippen MR) is 112 cm³/mol. The van der Waals surface area contributed by atoms with E-state index in [4.69, 9.17) is 14.2 Å². The summed E-state index contributed by atoms with van der Waals surface area (Å²) in [7, 11) is 3.44. The van der Waals surface area contributed by atoms with Gasteiger partial charge in [0.05, 0.1) is 12.7 Å². The largest absolute Gasteiger partial charge is 0.475 e. The van der Waals surface area contributed by atoms with Crippen molar-refractivity contribution < 1.29 is 14.2 Å². The van der Waals surface area contributed by atoms with E-state index in [2.05, 4.69) is 41.4 Å². The first-order chi connectivity index (χ1) is 13.5. The molecule has 1 aromatic heterocycles. The molecule has 28 heavy (non-hydrogen) atoms. The highest BCUT2D eigenvalue weighted by Gasteiger charge is 2.35. The minimum atomic E-state index is 0.133. The summed E-state index contributed by atoms with van der Waals surface area (Å²) in [5.41, 5.74) is 1.11. The van der Waals surface area contributed by atoms with Crippen molar-refractivity contribution in [1.29, 1.82) is 0 Å². The lowest BCUT2D eigenvalue weighted by atomic mass is 9.78. The topological polar surface area (TPSA) is 77.0 Å². The molecule has 2 atom stereocenters. The van der Waals surface area contributed by atoms with Gasteiger partial charge in [0.1, 0.15) is 6.61 Å². The van der Waals surface area contributed by atoms with Crippen LogP contribution < -0.4 is 15.4 Å². The Kier molecular flexibility index (Phi) is 8.99. The molecule has 158 valence electrons. The smallest absolute Gasteiger partial charge is 0.218 e. The quantitative estimate of drug-likeness (QED) is 0.402. The van der Waals surface area contributed by atoms with E-state index in [1.165, 1.54) is 6.42 Å². The van der Waals surface area contributed by atoms with Gasteiger partial charge >= 0.3 is 0 Å². The van der Waals surface area contributed by atoms with Crippen molar-refractivity contribution in [2.45, 2.75) is 46.3 Å². The van der Waals surface area contributed by atoms with E-state index in [9.17, 15) is 0 Å². The summed E-state index contributed by atoms with van der Waals surface area (Å²) in [5.74, 6) is 1.86. The number of aliphatic imine (C=N–C) groups is 1. The van der Waals surface area contributed by atoms with Crippen molar-refractivity contribution in [3.63, 3.8) is 0 Å². The summed E-state index contributed by atoms with van der Waals surface area (Å²) in [6.07, 6.45) is 4.27. The molecular weight excluding hydrogens is 356 g/mol. The highest BCUT2D eigenvalue weighted by Crippen LogP contribution is 2.33. The maximum Gasteiger partial charge on any atom is 0.218 e. The molecule has 0 radical (unpaired) electrons. The van der Waals surface area contributed by atoms with Crippen LogP contribution in [0.3, 0.4) is 0 Å². The number of hydrogen-bond acceptors (Lipinski definition) is 5. The average Bonchev–Trinajstić information content (AvgIpc) is 2.69. The fraction of sp³-hybridized carbons (Fsp3) is 0.714. The predicted octanol–water partition coefficient (Wildman–Crippen LogP) is 2.61. The highest BCUT2D eigenvalue weighted by molar-refractivity contribution is 5.79. The second kappa shape index (κ2) is 11.2. The Bertz CT molecular complexity index is 616. The lowest BCUT2D eigenvalue weighted by Crippen LogP contribution is -2.47. The molecule has 1 aromatic rings. The van der Waals surface area contributed by atoms with Crippen LogP contribution in [0.5, 0.6) is 5.88 Å². The zero-order chi connectivity index (χ0) is 20.4. The summed E-state index contributed by atoms with van der Waals surface area (Å²) in [4.78, 5) is 8.67. The van der Waals surface area contributed by atoms with Crippen LogP contribution in [0, 0.1) is 11.3 Å². The van der Waals surface area contributed by atoms with E-state index in [1.54, 1.807) is 20.4 Å². The molecule has 1 aliphatic heterocycles. The molecular formula is C21H36N4O3. The number of nitrogens with one attached hydrogen (secondary N) is 2. The van der Waals surface area contributed by atoms with E-state index >= 15 is 0 Å². The molecule has 2 rings (SSSR count). The zero-order valence-electron chi connectivity index (χ0n) is 18.0. The molecule has 2 heterocycles. The lowest BCUT2D eigenvalue weighted by Gasteiger charge is -2.40. The Labute approximate surface area is 169 Å². The van der Waals surface area contributed by atoms with Crippen LogP contribution >= 0.6 is 0 Å². The highest BCUT2D eigenvalue weighted by atomic mass is 16.5. The summed E-state index contributed by atoms with van der Waals surface area (Å²) in [5, 5.41) is 6.82. The molecule has 0 aliphatic carbocycles. The molecule has 7 heteroatoms. The summed E-state index contributed by atoms with van der Waals surface area (Å²) < 4.78 is 16.8. The van der Waals surface area contributed by atoms with Crippen LogP contribution in [0.1, 0.15) is 39.2 Å². The van der Waals surface area contributed by atoms with Crippen LogP contribution in [-0.4, -0.2) is 57.6 Å². The van der Waals surface area contributed by atoms with Gasteiger partial charge < -0.3 is 24.8 Å². The Morgan fingerprint density at radius 2 is 2.14 bits per heavy atom. The van der Waals surface area contributed by atoms with Crippen LogP contribution in [0.25, 0.3) is 0 Å². The fourth-order valence-electron chi connectivity index (χ4n) is 3.55. The van der Waals surface area contributed by atoms with Gasteiger partial charge in [-0.3, -0.25) is 4.99 Å². The Morgan fingerprint density at radius 1 is 1.32 bits per heavy atom. The van der Waals surface area contributed by atoms with Crippen LogP contribution in [0.15, 0.2) is 23.3 Å². The van der Waals surface area contributed by atoms with Crippen molar-refractivity contribution in [1.82, 2.24) is 15.6 Å². The van der Waals surface area contributed by atoms with E-state index < -0.39 is 0 Å². The van der Waals surface area contributed by atoms with Crippen molar-refractivity contribution in [3.05, 3.63) is 23.9 Å². The van der Waals surface area contributed by atoms with Gasteiger partial charge in [0.2, 0.25) is 5.88 Å². The van der Waals surface area contributed by atoms with Gasteiger partial charge in [-0.1, -0.05) is 26.8 Å². The Hall–Kier alpha value is -1.86. The van der Waals surface area contributed by atoms with Crippen molar-refractivity contribution in [2.75, 3.05) is 40.5 Å². The Balaban J connectivity index is 1.88. The van der Waals surface area contributed by atoms with E-state index in [1.807, 2.05) is 12.1 Å². The first-order valence-corrected chi connectivity index (χ1v) is 10.1. The third-order valence-electron chi connectivity index (χ3n) is 4.88. The number of aromatic nitrogens is 1. The number of ether oxygens (including phenoxy) is 3. The maximum atomic E-state index is 6.08. The molecule has 0 bridgehead atoms. The number of guanidine groups is 1. The first-order valence-electron chi connectivity index (χ1n) is 10.1. The number of nitrogens with zero attached hydrogens (tertiary/aromatic N) is 2. The number of methoxy groups -OCH3 is 1. The zero-order valence-corrected chi connectivity index (χ0v) is 18.0. The molecule has 1 aliphatic rings. The second-order valence-electron chi connectivity index (χ2n) is 8.18. The van der Waals surface area contributed by atoms with Crippen molar-refractivity contribution >= 4 is 5.96 Å². The summed E-state index contributed by atoms with van der Waals surface area (Å²) in [6, 6.07) is 3.91. The second-order valence-corrected chi connectivity index (χ2v) is 8.18. The van der Waals surface area contributed by atoms with Gasteiger partial charge in [0, 0.05) is 51.5 Å². The van der Waals surface area contributed by atoms with Gasteiger partial charge in [0.15, 0.2) is 5.96 Å². The number of hydrogen-bond donors (Lipinski definition) is 2. The number of pyridine rings is 1. The first kappa shape index (κ1) is 22.4. The van der Waals surface area contributed by atoms with E-state index in [-0.39, 0.29) is 11.5 Å². The van der Waals surface area contributed by atoms with E-state index in [0.717, 1.165) is 31.1 Å². The normalized spacial score (nSPS) is 20.7. The third kappa shape index (κ3) is 6.95. The molecule has 0 saturated carbocycles. The standard InChI is InChI=1S/C21H36N4O3/c1-21(2,3)18-16(9-7-11-27-18)14-24-20(22-4)25-15-17-8-6-10-23-19(17)28-13-12-26-5/h6,8,10,16,18H,7,9,11-15H2,1-5H3,(H2,22,24,25). The molecule has 0 amide bonds. The monoisotopic (exact) mass is 392 g/mol. The Morgan fingerprint density at radius 3 is 2.86 bits per heavy atom. The molecule has 1 fully saturated rings. The molecule has 0 spiro atoms. The molecule has 1 saturated heterocycles. The van der Waals surface area contributed by atoms with Gasteiger partial charge in [-0.15, -0.1) is 0 Å². The van der Waals surface area contributed by atoms with Crippen molar-refractivity contribution in [3.8, 4) is 5.88 Å². The summed E-state index contributed by atoms with van der Waals surface area (Å²) >= 11 is 0. The maximum absolute atomic E-state index is 6.08. The molecule has 2 N–H and O–H groups in total. The SMILES string of the molecule is CN=C(NCc1cccnc1OCCOC)NCC1CCCOC1C(C)(C)C. The minimum Gasteiger partial charge on any atom is -0.475 e. The average molecular weight is 393 g/mol. The molecule has 2 unspecified atom stereocenters. The van der Waals surface area contributed by atoms with Crippen LogP contribution in [0.4, 0.5) is 0 Å². The fourth-order valence-corrected chi connectivity index (χ4v) is 3.55. The van der Waals surface area contributed by atoms with Gasteiger partial charge in [-0.05, 0) is 24.3 Å². The minimum absolute atomic E-state index is 0.133. The van der Waals surface area contributed by atoms with Crippen LogP contribution in [0.2, 0.25) is 0 Å².